The van der Waals surface area contributed by atoms with Gasteiger partial charge in [-0.3, -0.25) is 0 Å². The lowest BCUT2D eigenvalue weighted by Gasteiger charge is -2.12. The summed E-state index contributed by atoms with van der Waals surface area (Å²) in [7, 11) is 1.58. The van der Waals surface area contributed by atoms with E-state index in [4.69, 9.17) is 20.9 Å². The normalized spacial score (nSPS) is 12.2. The van der Waals surface area contributed by atoms with E-state index in [1.165, 1.54) is 0 Å². The number of anilines is 1. The predicted molar refractivity (Wildman–Crippen MR) is 69.1 cm³/mol. The molecule has 0 fully saturated rings. The van der Waals surface area contributed by atoms with Gasteiger partial charge in [-0.25, -0.2) is 0 Å². The number of aryl methyl sites for hydroxylation is 1. The van der Waals surface area contributed by atoms with Crippen LogP contribution in [0.5, 0.6) is 5.75 Å². The summed E-state index contributed by atoms with van der Waals surface area (Å²) in [5.74, 6) is 1.80. The fourth-order valence-electron chi connectivity index (χ4n) is 1.56. The summed E-state index contributed by atoms with van der Waals surface area (Å²) in [6, 6.07) is 5.39. The van der Waals surface area contributed by atoms with Crippen LogP contribution in [-0.4, -0.2) is 17.3 Å². The highest BCUT2D eigenvalue weighted by atomic mass is 35.5. The Balaban J connectivity index is 2.12. The van der Waals surface area contributed by atoms with Gasteiger partial charge in [-0.15, -0.1) is 0 Å². The van der Waals surface area contributed by atoms with Crippen molar-refractivity contribution < 1.29 is 9.26 Å². The van der Waals surface area contributed by atoms with E-state index in [2.05, 4.69) is 15.5 Å². The number of ether oxygens (including phenoxy) is 1. The van der Waals surface area contributed by atoms with Gasteiger partial charge in [0, 0.05) is 5.69 Å². The Kier molecular flexibility index (Phi) is 3.72. The molecule has 1 aromatic heterocycles. The lowest BCUT2D eigenvalue weighted by atomic mass is 10.2. The molecule has 1 aromatic carbocycles. The third-order valence-electron chi connectivity index (χ3n) is 2.45. The van der Waals surface area contributed by atoms with Gasteiger partial charge >= 0.3 is 0 Å². The second kappa shape index (κ2) is 5.27. The molecule has 0 aliphatic carbocycles. The molecule has 1 N–H and O–H groups in total. The maximum atomic E-state index is 6.05. The second-order valence-corrected chi connectivity index (χ2v) is 4.30. The number of benzene rings is 1. The maximum Gasteiger partial charge on any atom is 0.248 e. The molecule has 0 saturated heterocycles. The number of halogens is 1. The molecule has 0 saturated carbocycles. The van der Waals surface area contributed by atoms with E-state index in [0.717, 1.165) is 5.69 Å². The smallest absolute Gasteiger partial charge is 0.248 e. The van der Waals surface area contributed by atoms with Crippen molar-refractivity contribution in [2.45, 2.75) is 19.9 Å². The monoisotopic (exact) mass is 267 g/mol. The molecule has 0 radical (unpaired) electrons. The topological polar surface area (TPSA) is 60.2 Å². The van der Waals surface area contributed by atoms with E-state index in [-0.39, 0.29) is 6.04 Å². The van der Waals surface area contributed by atoms with E-state index in [1.807, 2.05) is 13.0 Å². The second-order valence-electron chi connectivity index (χ2n) is 3.90. The predicted octanol–water partition coefficient (Wildman–Crippen LogP) is 3.21. The van der Waals surface area contributed by atoms with Gasteiger partial charge in [0.05, 0.1) is 12.1 Å². The number of rotatable bonds is 4. The summed E-state index contributed by atoms with van der Waals surface area (Å²) in [5.41, 5.74) is 0.865. The average Bonchev–Trinajstić information content (AvgIpc) is 2.76. The summed E-state index contributed by atoms with van der Waals surface area (Å²) >= 11 is 6.05. The van der Waals surface area contributed by atoms with Gasteiger partial charge in [-0.05, 0) is 32.0 Å². The van der Waals surface area contributed by atoms with Crippen LogP contribution in [0.25, 0.3) is 0 Å². The number of nitrogens with one attached hydrogen (secondary N) is 1. The number of nitrogens with zero attached hydrogens (tertiary/aromatic N) is 2. The maximum absolute atomic E-state index is 6.05. The molecule has 18 heavy (non-hydrogen) atoms. The molecule has 2 rings (SSSR count). The fraction of sp³-hybridized carbons (Fsp3) is 0.333. The first-order valence-corrected chi connectivity index (χ1v) is 5.88. The molecule has 0 spiro atoms. The molecule has 96 valence electrons. The SMILES string of the molecule is COc1ccc(N[C@H](C)c2nc(C)no2)cc1Cl. The fourth-order valence-corrected chi connectivity index (χ4v) is 1.81. The minimum absolute atomic E-state index is 0.0874. The van der Waals surface area contributed by atoms with Crippen LogP contribution >= 0.6 is 11.6 Å². The third-order valence-corrected chi connectivity index (χ3v) is 2.74. The van der Waals surface area contributed by atoms with Crippen molar-refractivity contribution in [3.8, 4) is 5.75 Å². The van der Waals surface area contributed by atoms with Gasteiger partial charge in [0.1, 0.15) is 11.8 Å². The lowest BCUT2D eigenvalue weighted by molar-refractivity contribution is 0.364. The average molecular weight is 268 g/mol. The van der Waals surface area contributed by atoms with Gasteiger partial charge in [0.25, 0.3) is 0 Å². The highest BCUT2D eigenvalue weighted by Crippen LogP contribution is 2.28. The van der Waals surface area contributed by atoms with Crippen molar-refractivity contribution >= 4 is 17.3 Å². The lowest BCUT2D eigenvalue weighted by Crippen LogP contribution is -2.07. The molecule has 2 aromatic rings. The summed E-state index contributed by atoms with van der Waals surface area (Å²) in [5, 5.41) is 7.53. The Hall–Kier alpha value is -1.75. The molecular weight excluding hydrogens is 254 g/mol. The van der Waals surface area contributed by atoms with E-state index in [1.54, 1.807) is 26.2 Å². The Morgan fingerprint density at radius 3 is 2.78 bits per heavy atom. The van der Waals surface area contributed by atoms with E-state index < -0.39 is 0 Å². The molecule has 0 aliphatic heterocycles. The van der Waals surface area contributed by atoms with Crippen LogP contribution in [0.3, 0.4) is 0 Å². The van der Waals surface area contributed by atoms with Crippen molar-refractivity contribution in [3.63, 3.8) is 0 Å². The number of hydrogen-bond donors (Lipinski definition) is 1. The molecule has 0 aliphatic rings. The molecule has 1 heterocycles. The Morgan fingerprint density at radius 1 is 1.44 bits per heavy atom. The standard InChI is InChI=1S/C12H14ClN3O2/c1-7(12-15-8(2)16-18-12)14-9-4-5-11(17-3)10(13)6-9/h4-7,14H,1-3H3/t7-/m1/s1. The third kappa shape index (κ3) is 2.73. The molecule has 0 unspecified atom stereocenters. The first-order chi connectivity index (χ1) is 8.60. The van der Waals surface area contributed by atoms with Crippen molar-refractivity contribution in [1.29, 1.82) is 0 Å². The Labute approximate surface area is 110 Å². The summed E-state index contributed by atoms with van der Waals surface area (Å²) in [6.45, 7) is 3.72. The molecule has 5 nitrogen and oxygen atoms in total. The molecule has 6 heteroatoms. The number of hydrogen-bond acceptors (Lipinski definition) is 5. The Morgan fingerprint density at radius 2 is 2.22 bits per heavy atom. The van der Waals surface area contributed by atoms with Gasteiger partial charge in [-0.1, -0.05) is 16.8 Å². The van der Waals surface area contributed by atoms with Crippen LogP contribution in [0.1, 0.15) is 24.7 Å². The molecule has 0 bridgehead atoms. The zero-order valence-electron chi connectivity index (χ0n) is 10.4. The van der Waals surface area contributed by atoms with Crippen molar-refractivity contribution in [2.75, 3.05) is 12.4 Å². The van der Waals surface area contributed by atoms with E-state index in [0.29, 0.717) is 22.5 Å². The largest absolute Gasteiger partial charge is 0.495 e. The first kappa shape index (κ1) is 12.7. The quantitative estimate of drug-likeness (QED) is 0.922. The Bertz CT molecular complexity index is 542. The summed E-state index contributed by atoms with van der Waals surface area (Å²) in [6.07, 6.45) is 0. The van der Waals surface area contributed by atoms with Crippen molar-refractivity contribution in [1.82, 2.24) is 10.1 Å². The molecule has 1 atom stereocenters. The first-order valence-electron chi connectivity index (χ1n) is 5.50. The van der Waals surface area contributed by atoms with Crippen LogP contribution in [0.2, 0.25) is 5.02 Å². The van der Waals surface area contributed by atoms with E-state index >= 15 is 0 Å². The van der Waals surface area contributed by atoms with Gasteiger partial charge < -0.3 is 14.6 Å². The summed E-state index contributed by atoms with van der Waals surface area (Å²) < 4.78 is 10.2. The van der Waals surface area contributed by atoms with Crippen molar-refractivity contribution in [3.05, 3.63) is 34.9 Å². The van der Waals surface area contributed by atoms with Crippen LogP contribution < -0.4 is 10.1 Å². The minimum atomic E-state index is -0.0874. The highest BCUT2D eigenvalue weighted by molar-refractivity contribution is 6.32. The summed E-state index contributed by atoms with van der Waals surface area (Å²) in [4.78, 5) is 4.16. The zero-order valence-corrected chi connectivity index (χ0v) is 11.2. The van der Waals surface area contributed by atoms with Crippen molar-refractivity contribution in [2.24, 2.45) is 0 Å². The number of methoxy groups -OCH3 is 1. The van der Waals surface area contributed by atoms with Gasteiger partial charge in [-0.2, -0.15) is 4.98 Å². The van der Waals surface area contributed by atoms with Crippen LogP contribution in [0, 0.1) is 6.92 Å². The highest BCUT2D eigenvalue weighted by Gasteiger charge is 2.13. The van der Waals surface area contributed by atoms with E-state index in [9.17, 15) is 0 Å². The minimum Gasteiger partial charge on any atom is -0.495 e. The van der Waals surface area contributed by atoms with Crippen LogP contribution in [-0.2, 0) is 0 Å². The van der Waals surface area contributed by atoms with Gasteiger partial charge in [0.15, 0.2) is 5.82 Å². The van der Waals surface area contributed by atoms with Crippen LogP contribution in [0.4, 0.5) is 5.69 Å². The molecule has 0 amide bonds. The van der Waals surface area contributed by atoms with Gasteiger partial charge in [0.2, 0.25) is 5.89 Å². The zero-order chi connectivity index (χ0) is 13.1. The molecular formula is C12H14ClN3O2. The number of aromatic nitrogens is 2. The van der Waals surface area contributed by atoms with Crippen LogP contribution in [0.15, 0.2) is 22.7 Å².